The molecule has 0 aliphatic rings. The van der Waals surface area contributed by atoms with Crippen molar-refractivity contribution in [2.45, 2.75) is 32.8 Å². The molecule has 1 N–H and O–H groups in total. The Kier molecular flexibility index (Phi) is 5.16. The van der Waals surface area contributed by atoms with Crippen molar-refractivity contribution >= 4 is 5.97 Å². The maximum absolute atomic E-state index is 10.9. The Morgan fingerprint density at radius 2 is 2.06 bits per heavy atom. The molecular weight excluding hydrogens is 232 g/mol. The highest BCUT2D eigenvalue weighted by atomic mass is 16.5. The van der Waals surface area contributed by atoms with Gasteiger partial charge in [-0.25, -0.2) is 4.79 Å². The van der Waals surface area contributed by atoms with E-state index in [0.29, 0.717) is 11.7 Å². The lowest BCUT2D eigenvalue weighted by atomic mass is 9.98. The van der Waals surface area contributed by atoms with E-state index in [1.165, 1.54) is 12.7 Å². The highest BCUT2D eigenvalue weighted by Gasteiger charge is 2.19. The highest BCUT2D eigenvalue weighted by Crippen LogP contribution is 2.24. The third kappa shape index (κ3) is 3.74. The molecule has 18 heavy (non-hydrogen) atoms. The van der Waals surface area contributed by atoms with Crippen LogP contribution in [-0.4, -0.2) is 30.9 Å². The van der Waals surface area contributed by atoms with Gasteiger partial charge in [-0.05, 0) is 36.1 Å². The van der Waals surface area contributed by atoms with Crippen molar-refractivity contribution in [1.29, 1.82) is 0 Å². The largest absolute Gasteiger partial charge is 0.478 e. The number of carboxylic acids is 1. The van der Waals surface area contributed by atoms with Gasteiger partial charge in [0.1, 0.15) is 5.75 Å². The summed E-state index contributed by atoms with van der Waals surface area (Å²) in [7, 11) is 1.45. The average Bonchev–Trinajstić information content (AvgIpc) is 2.27. The van der Waals surface area contributed by atoms with Gasteiger partial charge in [-0.15, -0.1) is 0 Å². The molecule has 1 aromatic rings. The van der Waals surface area contributed by atoms with Gasteiger partial charge < -0.3 is 14.6 Å². The van der Waals surface area contributed by atoms with Crippen LogP contribution in [0.2, 0.25) is 0 Å². The molecule has 0 bridgehead atoms. The number of carbonyl (C=O) groups is 1. The Balaban J connectivity index is 2.84. The second-order valence-corrected chi connectivity index (χ2v) is 4.57. The molecule has 4 heteroatoms. The zero-order chi connectivity index (χ0) is 13.7. The predicted molar refractivity (Wildman–Crippen MR) is 69.2 cm³/mol. The summed E-state index contributed by atoms with van der Waals surface area (Å²) in [6.45, 7) is 6.26. The molecule has 0 saturated carbocycles. The van der Waals surface area contributed by atoms with Crippen molar-refractivity contribution in [3.63, 3.8) is 0 Å². The molecule has 1 atom stereocenters. The van der Waals surface area contributed by atoms with Gasteiger partial charge in [-0.1, -0.05) is 19.9 Å². The van der Waals surface area contributed by atoms with Gasteiger partial charge in [0.25, 0.3) is 0 Å². The first kappa shape index (κ1) is 14.5. The van der Waals surface area contributed by atoms with Gasteiger partial charge >= 0.3 is 5.97 Å². The lowest BCUT2D eigenvalue weighted by Crippen LogP contribution is -2.31. The summed E-state index contributed by atoms with van der Waals surface area (Å²) in [6, 6.07) is 5.63. The van der Waals surface area contributed by atoms with Crippen molar-refractivity contribution in [2.24, 2.45) is 0 Å². The quantitative estimate of drug-likeness (QED) is 0.845. The molecule has 0 fully saturated rings. The summed E-state index contributed by atoms with van der Waals surface area (Å²) >= 11 is 0. The minimum Gasteiger partial charge on any atom is -0.478 e. The minimum atomic E-state index is -1.03. The molecule has 4 nitrogen and oxygen atoms in total. The van der Waals surface area contributed by atoms with Crippen molar-refractivity contribution in [2.75, 3.05) is 13.7 Å². The Morgan fingerprint density at radius 3 is 2.50 bits per heavy atom. The van der Waals surface area contributed by atoms with Gasteiger partial charge in [0, 0.05) is 7.11 Å². The van der Waals surface area contributed by atoms with Crippen molar-refractivity contribution in [1.82, 2.24) is 0 Å². The van der Waals surface area contributed by atoms with Gasteiger partial charge in [0.15, 0.2) is 0 Å². The normalized spacial score (nSPS) is 12.5. The summed E-state index contributed by atoms with van der Waals surface area (Å²) < 4.78 is 10.2. The number of ether oxygens (including phenoxy) is 2. The Labute approximate surface area is 108 Å². The zero-order valence-electron chi connectivity index (χ0n) is 11.3. The minimum absolute atomic E-state index is 0.0281. The molecule has 0 aromatic heterocycles. The number of hydrogen-bond acceptors (Lipinski definition) is 3. The number of benzene rings is 1. The summed E-state index contributed by atoms with van der Waals surface area (Å²) in [5, 5.41) is 8.97. The number of rotatable bonds is 6. The molecule has 0 aliphatic heterocycles. The van der Waals surface area contributed by atoms with E-state index in [2.05, 4.69) is 13.8 Å². The number of methoxy groups -OCH3 is 1. The molecule has 1 aromatic carbocycles. The Bertz CT molecular complexity index is 412. The first-order valence-corrected chi connectivity index (χ1v) is 5.94. The monoisotopic (exact) mass is 252 g/mol. The second-order valence-electron chi connectivity index (χ2n) is 4.57. The zero-order valence-corrected chi connectivity index (χ0v) is 11.3. The predicted octanol–water partition coefficient (Wildman–Crippen LogP) is 2.60. The highest BCUT2D eigenvalue weighted by molar-refractivity contribution is 5.73. The molecular formula is C14H20O4. The summed E-state index contributed by atoms with van der Waals surface area (Å²) in [5.74, 6) is -0.0305. The molecule has 1 unspecified atom stereocenters. The van der Waals surface area contributed by atoms with Gasteiger partial charge in [0.05, 0.1) is 6.61 Å². The van der Waals surface area contributed by atoms with E-state index < -0.39 is 12.1 Å². The topological polar surface area (TPSA) is 55.8 Å². The molecule has 0 radical (unpaired) electrons. The number of aliphatic carboxylic acids is 1. The maximum atomic E-state index is 10.9. The van der Waals surface area contributed by atoms with Crippen molar-refractivity contribution in [3.05, 3.63) is 29.3 Å². The fourth-order valence-corrected chi connectivity index (χ4v) is 1.84. The van der Waals surface area contributed by atoms with Crippen LogP contribution >= 0.6 is 0 Å². The van der Waals surface area contributed by atoms with E-state index in [0.717, 1.165) is 5.56 Å². The lowest BCUT2D eigenvalue weighted by molar-refractivity contribution is -0.147. The van der Waals surface area contributed by atoms with Crippen LogP contribution in [0.5, 0.6) is 5.75 Å². The van der Waals surface area contributed by atoms with E-state index in [-0.39, 0.29) is 6.61 Å². The average molecular weight is 252 g/mol. The van der Waals surface area contributed by atoms with Crippen molar-refractivity contribution in [3.8, 4) is 5.75 Å². The standard InChI is InChI=1S/C14H20O4/c1-9(2)12-6-5-11(7-10(12)3)18-13(8-17-4)14(15)16/h5-7,9,13H,8H2,1-4H3,(H,15,16). The van der Waals surface area contributed by atoms with E-state index >= 15 is 0 Å². The van der Waals surface area contributed by atoms with Gasteiger partial charge in [-0.3, -0.25) is 0 Å². The maximum Gasteiger partial charge on any atom is 0.347 e. The van der Waals surface area contributed by atoms with E-state index in [1.807, 2.05) is 19.1 Å². The first-order chi connectivity index (χ1) is 8.45. The second kappa shape index (κ2) is 6.40. The van der Waals surface area contributed by atoms with Crippen LogP contribution in [-0.2, 0) is 9.53 Å². The first-order valence-electron chi connectivity index (χ1n) is 5.94. The number of hydrogen-bond donors (Lipinski definition) is 1. The van der Waals surface area contributed by atoms with Crippen LogP contribution in [0.1, 0.15) is 30.9 Å². The number of aryl methyl sites for hydroxylation is 1. The third-order valence-electron chi connectivity index (χ3n) is 2.74. The summed E-state index contributed by atoms with van der Waals surface area (Å²) in [6.07, 6.45) is -0.973. The molecule has 0 saturated heterocycles. The molecule has 0 aliphatic carbocycles. The SMILES string of the molecule is COCC(Oc1ccc(C(C)C)c(C)c1)C(=O)O. The number of carboxylic acid groups (broad SMARTS) is 1. The summed E-state index contributed by atoms with van der Waals surface area (Å²) in [4.78, 5) is 10.9. The smallest absolute Gasteiger partial charge is 0.347 e. The molecule has 0 spiro atoms. The van der Waals surface area contributed by atoms with E-state index in [1.54, 1.807) is 6.07 Å². The van der Waals surface area contributed by atoms with Gasteiger partial charge in [0.2, 0.25) is 6.10 Å². The summed E-state index contributed by atoms with van der Waals surface area (Å²) in [5.41, 5.74) is 2.34. The van der Waals surface area contributed by atoms with E-state index in [9.17, 15) is 4.79 Å². The van der Waals surface area contributed by atoms with Crippen LogP contribution in [0.15, 0.2) is 18.2 Å². The van der Waals surface area contributed by atoms with Crippen LogP contribution in [0, 0.1) is 6.92 Å². The third-order valence-corrected chi connectivity index (χ3v) is 2.74. The molecule has 100 valence electrons. The van der Waals surface area contributed by atoms with Crippen molar-refractivity contribution < 1.29 is 19.4 Å². The fourth-order valence-electron chi connectivity index (χ4n) is 1.84. The van der Waals surface area contributed by atoms with Crippen LogP contribution in [0.25, 0.3) is 0 Å². The van der Waals surface area contributed by atoms with Crippen LogP contribution in [0.3, 0.4) is 0 Å². The van der Waals surface area contributed by atoms with Gasteiger partial charge in [-0.2, -0.15) is 0 Å². The Morgan fingerprint density at radius 1 is 1.39 bits per heavy atom. The molecule has 1 rings (SSSR count). The van der Waals surface area contributed by atoms with Crippen LogP contribution < -0.4 is 4.74 Å². The molecule has 0 heterocycles. The Hall–Kier alpha value is -1.55. The molecule has 0 amide bonds. The lowest BCUT2D eigenvalue weighted by Gasteiger charge is -2.16. The van der Waals surface area contributed by atoms with Crippen LogP contribution in [0.4, 0.5) is 0 Å². The van der Waals surface area contributed by atoms with E-state index in [4.69, 9.17) is 14.6 Å². The fraction of sp³-hybridized carbons (Fsp3) is 0.500.